The van der Waals surface area contributed by atoms with Crippen LogP contribution in [0.1, 0.15) is 23.2 Å². The minimum atomic E-state index is -0.571. The molecule has 3 N–H and O–H groups in total. The number of ether oxygens (including phenoxy) is 1. The first-order chi connectivity index (χ1) is 10.1. The molecule has 1 aromatic carbocycles. The maximum absolute atomic E-state index is 13.3. The minimum Gasteiger partial charge on any atom is -0.465 e. The Morgan fingerprint density at radius 2 is 2.29 bits per heavy atom. The summed E-state index contributed by atoms with van der Waals surface area (Å²) in [5, 5.41) is 7.42. The number of hydrogen-bond acceptors (Lipinski definition) is 5. The molecule has 1 aliphatic rings. The van der Waals surface area contributed by atoms with Crippen molar-refractivity contribution in [3.05, 3.63) is 35.6 Å². The highest BCUT2D eigenvalue weighted by atomic mass is 19.1. The van der Waals surface area contributed by atoms with Gasteiger partial charge in [-0.15, -0.1) is 5.10 Å². The minimum absolute atomic E-state index is 0.121. The first-order valence-electron chi connectivity index (χ1n) is 6.59. The smallest absolute Gasteiger partial charge is 0.345 e. The average Bonchev–Trinajstić information content (AvgIpc) is 3.21. The van der Waals surface area contributed by atoms with Crippen LogP contribution in [-0.2, 0) is 4.74 Å². The fraction of sp³-hybridized carbons (Fsp3) is 0.286. The Bertz CT molecular complexity index is 694. The predicted molar refractivity (Wildman–Crippen MR) is 75.9 cm³/mol. The van der Waals surface area contributed by atoms with Crippen molar-refractivity contribution in [3.8, 4) is 5.69 Å². The third kappa shape index (κ3) is 2.54. The number of nitrogen functional groups attached to an aromatic ring is 1. The summed E-state index contributed by atoms with van der Waals surface area (Å²) in [6.07, 6.45) is 2.04. The summed E-state index contributed by atoms with van der Waals surface area (Å²) in [6.45, 7) is 0. The number of carbonyl (C=O) groups is 1. The lowest BCUT2D eigenvalue weighted by Gasteiger charge is -2.04. The van der Waals surface area contributed by atoms with E-state index >= 15 is 0 Å². The number of esters is 1. The summed E-state index contributed by atoms with van der Waals surface area (Å²) in [6, 6.07) is 6.13. The molecule has 0 unspecified atom stereocenters. The van der Waals surface area contributed by atoms with Crippen molar-refractivity contribution in [1.29, 1.82) is 0 Å². The van der Waals surface area contributed by atoms with E-state index in [2.05, 4.69) is 10.4 Å². The summed E-state index contributed by atoms with van der Waals surface area (Å²) in [7, 11) is 1.28. The Morgan fingerprint density at radius 1 is 1.52 bits per heavy atom. The van der Waals surface area contributed by atoms with Crippen LogP contribution in [-0.4, -0.2) is 28.9 Å². The molecular weight excluding hydrogens is 275 g/mol. The molecule has 0 amide bonds. The van der Waals surface area contributed by atoms with E-state index in [1.807, 2.05) is 0 Å². The van der Waals surface area contributed by atoms with Crippen LogP contribution >= 0.6 is 0 Å². The SMILES string of the molecule is COC(=O)c1c(NC2CC2)nn(-c2cccc(F)c2)c1N. The number of hydrogen-bond donors (Lipinski definition) is 2. The van der Waals surface area contributed by atoms with Crippen LogP contribution in [0.15, 0.2) is 24.3 Å². The van der Waals surface area contributed by atoms with Gasteiger partial charge in [-0.1, -0.05) is 6.07 Å². The highest BCUT2D eigenvalue weighted by molar-refractivity contribution is 6.00. The van der Waals surface area contributed by atoms with Gasteiger partial charge in [0.25, 0.3) is 0 Å². The molecule has 0 bridgehead atoms. The zero-order chi connectivity index (χ0) is 15.0. The molecule has 0 radical (unpaired) electrons. The van der Waals surface area contributed by atoms with Gasteiger partial charge in [0, 0.05) is 6.04 Å². The number of rotatable bonds is 4. The van der Waals surface area contributed by atoms with Gasteiger partial charge in [-0.3, -0.25) is 0 Å². The molecule has 3 rings (SSSR count). The summed E-state index contributed by atoms with van der Waals surface area (Å²) in [5.41, 5.74) is 6.62. The number of nitrogens with zero attached hydrogens (tertiary/aromatic N) is 2. The van der Waals surface area contributed by atoms with E-state index in [1.165, 1.54) is 23.9 Å². The molecule has 1 aliphatic carbocycles. The second-order valence-electron chi connectivity index (χ2n) is 4.91. The van der Waals surface area contributed by atoms with Crippen LogP contribution in [0.25, 0.3) is 5.69 Å². The Hall–Kier alpha value is -2.57. The first-order valence-corrected chi connectivity index (χ1v) is 6.59. The summed E-state index contributed by atoms with van der Waals surface area (Å²) < 4.78 is 19.4. The van der Waals surface area contributed by atoms with Gasteiger partial charge in [0.05, 0.1) is 12.8 Å². The van der Waals surface area contributed by atoms with Gasteiger partial charge in [-0.2, -0.15) is 0 Å². The van der Waals surface area contributed by atoms with Gasteiger partial charge in [-0.05, 0) is 31.0 Å². The third-order valence-corrected chi connectivity index (χ3v) is 3.28. The first kappa shape index (κ1) is 13.4. The molecule has 0 atom stereocenters. The molecule has 1 aromatic heterocycles. The maximum atomic E-state index is 13.3. The number of carbonyl (C=O) groups excluding carboxylic acids is 1. The summed E-state index contributed by atoms with van der Waals surface area (Å²) in [4.78, 5) is 11.9. The lowest BCUT2D eigenvalue weighted by atomic mass is 10.3. The number of nitrogens with two attached hydrogens (primary N) is 1. The van der Waals surface area contributed by atoms with Gasteiger partial charge in [0.1, 0.15) is 17.2 Å². The molecule has 110 valence electrons. The molecular formula is C14H15FN4O2. The van der Waals surface area contributed by atoms with Crippen molar-refractivity contribution >= 4 is 17.6 Å². The van der Waals surface area contributed by atoms with Crippen LogP contribution < -0.4 is 11.1 Å². The van der Waals surface area contributed by atoms with Crippen LogP contribution in [0.4, 0.5) is 16.0 Å². The highest BCUT2D eigenvalue weighted by Gasteiger charge is 2.29. The number of methoxy groups -OCH3 is 1. The molecule has 0 saturated heterocycles. The molecule has 7 heteroatoms. The second kappa shape index (κ2) is 5.08. The number of aromatic nitrogens is 2. The van der Waals surface area contributed by atoms with Crippen LogP contribution in [0, 0.1) is 5.82 Å². The topological polar surface area (TPSA) is 82.2 Å². The van der Waals surface area contributed by atoms with Gasteiger partial charge < -0.3 is 15.8 Å². The van der Waals surface area contributed by atoms with Crippen molar-refractivity contribution in [2.24, 2.45) is 0 Å². The molecule has 1 heterocycles. The number of benzene rings is 1. The zero-order valence-electron chi connectivity index (χ0n) is 11.5. The second-order valence-corrected chi connectivity index (χ2v) is 4.91. The fourth-order valence-corrected chi connectivity index (χ4v) is 2.06. The van der Waals surface area contributed by atoms with Gasteiger partial charge in [-0.25, -0.2) is 13.9 Å². The van der Waals surface area contributed by atoms with Crippen LogP contribution in [0.2, 0.25) is 0 Å². The van der Waals surface area contributed by atoms with Crippen molar-refractivity contribution in [3.63, 3.8) is 0 Å². The lowest BCUT2D eigenvalue weighted by molar-refractivity contribution is 0.0603. The number of anilines is 2. The maximum Gasteiger partial charge on any atom is 0.345 e. The molecule has 6 nitrogen and oxygen atoms in total. The largest absolute Gasteiger partial charge is 0.465 e. The quantitative estimate of drug-likeness (QED) is 0.841. The predicted octanol–water partition coefficient (Wildman–Crippen LogP) is 1.95. The molecule has 0 spiro atoms. The van der Waals surface area contributed by atoms with Crippen molar-refractivity contribution in [2.45, 2.75) is 18.9 Å². The fourth-order valence-electron chi connectivity index (χ4n) is 2.06. The van der Waals surface area contributed by atoms with E-state index in [0.717, 1.165) is 12.8 Å². The highest BCUT2D eigenvalue weighted by Crippen LogP contribution is 2.30. The van der Waals surface area contributed by atoms with Crippen molar-refractivity contribution < 1.29 is 13.9 Å². The lowest BCUT2D eigenvalue weighted by Crippen LogP contribution is -2.10. The van der Waals surface area contributed by atoms with Gasteiger partial charge in [0.15, 0.2) is 5.82 Å². The van der Waals surface area contributed by atoms with E-state index in [9.17, 15) is 9.18 Å². The zero-order valence-corrected chi connectivity index (χ0v) is 11.5. The average molecular weight is 290 g/mol. The molecule has 21 heavy (non-hydrogen) atoms. The normalized spacial score (nSPS) is 14.0. The molecule has 1 saturated carbocycles. The number of nitrogens with one attached hydrogen (secondary N) is 1. The Balaban J connectivity index is 2.08. The monoisotopic (exact) mass is 290 g/mol. The van der Waals surface area contributed by atoms with Crippen LogP contribution in [0.5, 0.6) is 0 Å². The van der Waals surface area contributed by atoms with Crippen molar-refractivity contribution in [2.75, 3.05) is 18.2 Å². The molecule has 1 fully saturated rings. The Labute approximate surface area is 120 Å². The number of halogens is 1. The standard InChI is InChI=1S/C14H15FN4O2/c1-21-14(20)11-12(16)19(10-4-2-3-8(15)7-10)18-13(11)17-9-5-6-9/h2-4,7,9H,5-6,16H2,1H3,(H,17,18). The van der Waals surface area contributed by atoms with E-state index < -0.39 is 11.8 Å². The van der Waals surface area contributed by atoms with Gasteiger partial charge in [0.2, 0.25) is 0 Å². The van der Waals surface area contributed by atoms with Gasteiger partial charge >= 0.3 is 5.97 Å². The van der Waals surface area contributed by atoms with E-state index in [4.69, 9.17) is 10.5 Å². The van der Waals surface area contributed by atoms with E-state index in [0.29, 0.717) is 17.5 Å². The molecule has 2 aromatic rings. The summed E-state index contributed by atoms with van der Waals surface area (Å²) >= 11 is 0. The Morgan fingerprint density at radius 3 is 2.90 bits per heavy atom. The van der Waals surface area contributed by atoms with Crippen LogP contribution in [0.3, 0.4) is 0 Å². The molecule has 0 aliphatic heterocycles. The summed E-state index contributed by atoms with van der Waals surface area (Å²) in [5.74, 6) is -0.487. The third-order valence-electron chi connectivity index (χ3n) is 3.28. The van der Waals surface area contributed by atoms with E-state index in [1.54, 1.807) is 12.1 Å². The van der Waals surface area contributed by atoms with E-state index in [-0.39, 0.29) is 11.4 Å². The van der Waals surface area contributed by atoms with Crippen molar-refractivity contribution in [1.82, 2.24) is 9.78 Å². The Kier molecular flexibility index (Phi) is 3.25.